The van der Waals surface area contributed by atoms with Gasteiger partial charge in [-0.3, -0.25) is 4.68 Å². The lowest BCUT2D eigenvalue weighted by Gasteiger charge is -2.16. The zero-order valence-corrected chi connectivity index (χ0v) is 11.2. The molecule has 5 nitrogen and oxygen atoms in total. The molecule has 0 fully saturated rings. The first-order chi connectivity index (χ1) is 7.25. The molecule has 1 unspecified atom stereocenters. The van der Waals surface area contributed by atoms with Crippen LogP contribution < -0.4 is 4.72 Å². The van der Waals surface area contributed by atoms with Gasteiger partial charge in [-0.05, 0) is 27.7 Å². The summed E-state index contributed by atoms with van der Waals surface area (Å²) >= 11 is 0. The largest absolute Gasteiger partial charge is 0.273 e. The second kappa shape index (κ2) is 4.55. The summed E-state index contributed by atoms with van der Waals surface area (Å²) in [5.74, 6) is 0. The lowest BCUT2D eigenvalue weighted by atomic mass is 10.1. The van der Waals surface area contributed by atoms with E-state index in [1.807, 2.05) is 20.9 Å². The zero-order valence-electron chi connectivity index (χ0n) is 10.4. The van der Waals surface area contributed by atoms with Gasteiger partial charge in [0.1, 0.15) is 0 Å². The Kier molecular flexibility index (Phi) is 3.75. The molecule has 0 saturated heterocycles. The minimum atomic E-state index is -3.24. The lowest BCUT2D eigenvalue weighted by molar-refractivity contribution is 0.557. The van der Waals surface area contributed by atoms with Crippen LogP contribution >= 0.6 is 0 Å². The maximum absolute atomic E-state index is 11.7. The molecule has 1 heterocycles. The Hall–Kier alpha value is -0.880. The highest BCUT2D eigenvalue weighted by atomic mass is 32.2. The van der Waals surface area contributed by atoms with Gasteiger partial charge in [0.25, 0.3) is 0 Å². The van der Waals surface area contributed by atoms with Crippen molar-refractivity contribution in [3.8, 4) is 0 Å². The highest BCUT2D eigenvalue weighted by molar-refractivity contribution is 7.90. The van der Waals surface area contributed by atoms with E-state index in [0.29, 0.717) is 0 Å². The van der Waals surface area contributed by atoms with Gasteiger partial charge in [0, 0.05) is 24.3 Å². The summed E-state index contributed by atoms with van der Waals surface area (Å²) in [6.45, 7) is 7.06. The molecule has 6 heteroatoms. The molecule has 0 saturated carbocycles. The smallest absolute Gasteiger partial charge is 0.214 e. The summed E-state index contributed by atoms with van der Waals surface area (Å²) in [7, 11) is -1.40. The fourth-order valence-electron chi connectivity index (χ4n) is 1.39. The van der Waals surface area contributed by atoms with Gasteiger partial charge < -0.3 is 0 Å². The second-order valence-electron chi connectivity index (χ2n) is 4.24. The van der Waals surface area contributed by atoms with E-state index in [2.05, 4.69) is 9.82 Å². The van der Waals surface area contributed by atoms with Crippen LogP contribution in [-0.2, 0) is 17.1 Å². The minimum absolute atomic E-state index is 0.249. The van der Waals surface area contributed by atoms with Crippen LogP contribution in [0, 0.1) is 6.92 Å². The van der Waals surface area contributed by atoms with Gasteiger partial charge in [0.05, 0.1) is 11.4 Å². The molecule has 0 aliphatic heterocycles. The van der Waals surface area contributed by atoms with Crippen LogP contribution in [0.3, 0.4) is 0 Å². The number of aryl methyl sites for hydroxylation is 1. The molecule has 0 bridgehead atoms. The van der Waals surface area contributed by atoms with E-state index in [4.69, 9.17) is 0 Å². The molecule has 1 N–H and O–H groups in total. The summed E-state index contributed by atoms with van der Waals surface area (Å²) in [4.78, 5) is 0. The van der Waals surface area contributed by atoms with Gasteiger partial charge in [-0.1, -0.05) is 0 Å². The van der Waals surface area contributed by atoms with E-state index in [1.54, 1.807) is 24.7 Å². The SMILES string of the molecule is Cc1c(C(C)NS(=O)(=O)C(C)C)cnn1C. The molecule has 1 rings (SSSR count). The molecule has 0 aromatic carbocycles. The number of aromatic nitrogens is 2. The number of sulfonamides is 1. The van der Waals surface area contributed by atoms with Crippen molar-refractivity contribution in [2.45, 2.75) is 39.0 Å². The molecule has 0 amide bonds. The first-order valence-electron chi connectivity index (χ1n) is 5.25. The molecule has 1 atom stereocenters. The molecule has 0 spiro atoms. The summed E-state index contributed by atoms with van der Waals surface area (Å²) in [6.07, 6.45) is 1.70. The van der Waals surface area contributed by atoms with Crippen molar-refractivity contribution in [1.82, 2.24) is 14.5 Å². The average molecular weight is 245 g/mol. The Balaban J connectivity index is 2.89. The van der Waals surface area contributed by atoms with Crippen LogP contribution in [-0.4, -0.2) is 23.4 Å². The predicted molar refractivity (Wildman–Crippen MR) is 63.6 cm³/mol. The molecule has 92 valence electrons. The van der Waals surface area contributed by atoms with Crippen molar-refractivity contribution in [2.75, 3.05) is 0 Å². The maximum Gasteiger partial charge on any atom is 0.214 e. The summed E-state index contributed by atoms with van der Waals surface area (Å²) in [6, 6.07) is -0.249. The quantitative estimate of drug-likeness (QED) is 0.864. The van der Waals surface area contributed by atoms with E-state index in [-0.39, 0.29) is 6.04 Å². The average Bonchev–Trinajstić information content (AvgIpc) is 2.46. The first-order valence-corrected chi connectivity index (χ1v) is 6.80. The fourth-order valence-corrected chi connectivity index (χ4v) is 2.28. The third-order valence-corrected chi connectivity index (χ3v) is 4.62. The number of hydrogen-bond donors (Lipinski definition) is 1. The van der Waals surface area contributed by atoms with Gasteiger partial charge in [-0.2, -0.15) is 5.10 Å². The van der Waals surface area contributed by atoms with Gasteiger partial charge in [-0.25, -0.2) is 13.1 Å². The van der Waals surface area contributed by atoms with Crippen LogP contribution in [0.15, 0.2) is 6.20 Å². The van der Waals surface area contributed by atoms with Crippen LogP contribution in [0.1, 0.15) is 38.1 Å². The van der Waals surface area contributed by atoms with E-state index in [0.717, 1.165) is 11.3 Å². The molecule has 16 heavy (non-hydrogen) atoms. The molecular formula is C10H19N3O2S. The standard InChI is InChI=1S/C10H19N3O2S/c1-7(2)16(14,15)12-8(3)10-6-11-13(5)9(10)4/h6-8,12H,1-5H3. The number of rotatable bonds is 4. The Bertz CT molecular complexity index is 462. The Labute approximate surface area is 96.9 Å². The van der Waals surface area contributed by atoms with Crippen molar-refractivity contribution in [3.05, 3.63) is 17.5 Å². The third kappa shape index (κ3) is 2.62. The monoisotopic (exact) mass is 245 g/mol. The van der Waals surface area contributed by atoms with Crippen molar-refractivity contribution in [3.63, 3.8) is 0 Å². The number of nitrogens with one attached hydrogen (secondary N) is 1. The van der Waals surface area contributed by atoms with E-state index in [9.17, 15) is 8.42 Å². The van der Waals surface area contributed by atoms with Crippen LogP contribution in [0.2, 0.25) is 0 Å². The van der Waals surface area contributed by atoms with E-state index < -0.39 is 15.3 Å². The summed E-state index contributed by atoms with van der Waals surface area (Å²) < 4.78 is 27.8. The van der Waals surface area contributed by atoms with Crippen molar-refractivity contribution >= 4 is 10.0 Å². The molecule has 0 aliphatic carbocycles. The van der Waals surface area contributed by atoms with E-state index in [1.165, 1.54) is 0 Å². The number of hydrogen-bond acceptors (Lipinski definition) is 3. The lowest BCUT2D eigenvalue weighted by Crippen LogP contribution is -2.33. The van der Waals surface area contributed by atoms with Crippen LogP contribution in [0.5, 0.6) is 0 Å². The Morgan fingerprint density at radius 3 is 2.31 bits per heavy atom. The van der Waals surface area contributed by atoms with Crippen molar-refractivity contribution in [1.29, 1.82) is 0 Å². The highest BCUT2D eigenvalue weighted by Crippen LogP contribution is 2.17. The third-order valence-electron chi connectivity index (χ3n) is 2.70. The normalized spacial score (nSPS) is 14.4. The molecule has 0 aliphatic rings. The zero-order chi connectivity index (χ0) is 12.5. The first kappa shape index (κ1) is 13.2. The van der Waals surface area contributed by atoms with Gasteiger partial charge in [-0.15, -0.1) is 0 Å². The number of nitrogens with zero attached hydrogens (tertiary/aromatic N) is 2. The molecule has 1 aromatic rings. The summed E-state index contributed by atoms with van der Waals surface area (Å²) in [5.41, 5.74) is 1.88. The van der Waals surface area contributed by atoms with Gasteiger partial charge >= 0.3 is 0 Å². The minimum Gasteiger partial charge on any atom is -0.273 e. The maximum atomic E-state index is 11.7. The second-order valence-corrected chi connectivity index (χ2v) is 6.51. The fraction of sp³-hybridized carbons (Fsp3) is 0.700. The molecule has 0 radical (unpaired) electrons. The summed E-state index contributed by atoms with van der Waals surface area (Å²) in [5, 5.41) is 3.67. The Morgan fingerprint density at radius 2 is 1.94 bits per heavy atom. The van der Waals surface area contributed by atoms with E-state index >= 15 is 0 Å². The predicted octanol–water partition coefficient (Wildman–Crippen LogP) is 1.12. The highest BCUT2D eigenvalue weighted by Gasteiger charge is 2.21. The van der Waals surface area contributed by atoms with Gasteiger partial charge in [0.15, 0.2) is 0 Å². The molecule has 1 aromatic heterocycles. The van der Waals surface area contributed by atoms with Crippen molar-refractivity contribution < 1.29 is 8.42 Å². The Morgan fingerprint density at radius 1 is 1.38 bits per heavy atom. The van der Waals surface area contributed by atoms with Gasteiger partial charge in [0.2, 0.25) is 10.0 Å². The van der Waals surface area contributed by atoms with Crippen LogP contribution in [0.25, 0.3) is 0 Å². The van der Waals surface area contributed by atoms with Crippen molar-refractivity contribution in [2.24, 2.45) is 7.05 Å². The molecular weight excluding hydrogens is 226 g/mol. The van der Waals surface area contributed by atoms with Crippen LogP contribution in [0.4, 0.5) is 0 Å². The topological polar surface area (TPSA) is 64.0 Å².